The third kappa shape index (κ3) is 3.00. The molecule has 2 aromatic rings. The molecule has 0 aliphatic carbocycles. The summed E-state index contributed by atoms with van der Waals surface area (Å²) in [6.07, 6.45) is 1.26. The van der Waals surface area contributed by atoms with E-state index in [9.17, 15) is 4.79 Å². The van der Waals surface area contributed by atoms with E-state index in [-0.39, 0.29) is 28.2 Å². The first-order valence-corrected chi connectivity index (χ1v) is 5.53. The van der Waals surface area contributed by atoms with Crippen LogP contribution in [0.4, 0.5) is 5.69 Å². The molecule has 0 fully saturated rings. The fraction of sp³-hybridized carbons (Fsp3) is 0. The van der Waals surface area contributed by atoms with Gasteiger partial charge in [0.2, 0.25) is 5.82 Å². The van der Waals surface area contributed by atoms with Crippen molar-refractivity contribution >= 4 is 17.2 Å². The molecular formula is C12H7N7O2. The summed E-state index contributed by atoms with van der Waals surface area (Å²) in [5.41, 5.74) is 0.443. The monoisotopic (exact) mass is 281 g/mol. The Morgan fingerprint density at radius 1 is 1.43 bits per heavy atom. The molecule has 0 bridgehead atoms. The number of hydrogen-bond acceptors (Lipinski definition) is 7. The lowest BCUT2D eigenvalue weighted by atomic mass is 10.1. The van der Waals surface area contributed by atoms with Crippen molar-refractivity contribution in [2.24, 2.45) is 0 Å². The van der Waals surface area contributed by atoms with Crippen LogP contribution in [0.15, 0.2) is 24.4 Å². The third-order valence-corrected chi connectivity index (χ3v) is 2.46. The number of nitrogens with zero attached hydrogens (tertiary/aromatic N) is 5. The molecule has 1 aromatic heterocycles. The predicted molar refractivity (Wildman–Crippen MR) is 69.5 cm³/mol. The molecule has 9 nitrogen and oxygen atoms in total. The number of hydrogen-bond donors (Lipinski definition) is 3. The van der Waals surface area contributed by atoms with Crippen LogP contribution < -0.4 is 5.32 Å². The van der Waals surface area contributed by atoms with Gasteiger partial charge in [-0.15, -0.1) is 10.2 Å². The molecule has 0 atom stereocenters. The molecule has 0 saturated carbocycles. The number of nitriles is 2. The van der Waals surface area contributed by atoms with Crippen molar-refractivity contribution in [2.45, 2.75) is 0 Å². The Labute approximate surface area is 118 Å². The van der Waals surface area contributed by atoms with Gasteiger partial charge in [-0.2, -0.15) is 15.7 Å². The normalized spacial score (nSPS) is 10.5. The average Bonchev–Trinajstić information content (AvgIpc) is 3.02. The van der Waals surface area contributed by atoms with Crippen LogP contribution in [0, 0.1) is 22.7 Å². The van der Waals surface area contributed by atoms with E-state index in [0.29, 0.717) is 0 Å². The molecule has 0 amide bonds. The number of carboxylic acids is 1. The molecule has 1 aromatic carbocycles. The van der Waals surface area contributed by atoms with E-state index in [0.717, 1.165) is 0 Å². The molecule has 1 heterocycles. The van der Waals surface area contributed by atoms with Crippen LogP contribution in [0.25, 0.3) is 5.57 Å². The van der Waals surface area contributed by atoms with Crippen molar-refractivity contribution in [1.29, 1.82) is 10.5 Å². The molecule has 0 radical (unpaired) electrons. The van der Waals surface area contributed by atoms with Crippen LogP contribution >= 0.6 is 0 Å². The number of aromatic nitrogens is 4. The van der Waals surface area contributed by atoms with Crippen LogP contribution in [0.2, 0.25) is 0 Å². The summed E-state index contributed by atoms with van der Waals surface area (Å²) in [6, 6.07) is 7.85. The maximum Gasteiger partial charge on any atom is 0.337 e. The summed E-state index contributed by atoms with van der Waals surface area (Å²) < 4.78 is 0. The molecule has 21 heavy (non-hydrogen) atoms. The summed E-state index contributed by atoms with van der Waals surface area (Å²) in [5, 5.41) is 42.4. The number of rotatable bonds is 4. The topological polar surface area (TPSA) is 151 Å². The van der Waals surface area contributed by atoms with Gasteiger partial charge in [-0.1, -0.05) is 0 Å². The molecule has 3 N–H and O–H groups in total. The first-order valence-electron chi connectivity index (χ1n) is 5.53. The number of anilines is 1. The minimum atomic E-state index is -1.19. The zero-order chi connectivity index (χ0) is 15.2. The van der Waals surface area contributed by atoms with Gasteiger partial charge in [-0.25, -0.2) is 4.79 Å². The lowest BCUT2D eigenvalue weighted by Gasteiger charge is -2.06. The number of benzene rings is 1. The second-order valence-electron chi connectivity index (χ2n) is 3.73. The van der Waals surface area contributed by atoms with E-state index in [2.05, 4.69) is 25.9 Å². The average molecular weight is 281 g/mol. The van der Waals surface area contributed by atoms with E-state index in [1.807, 2.05) is 12.1 Å². The predicted octanol–water partition coefficient (Wildman–Crippen LogP) is 0.746. The second-order valence-corrected chi connectivity index (χ2v) is 3.73. The lowest BCUT2D eigenvalue weighted by Crippen LogP contribution is -2.03. The van der Waals surface area contributed by atoms with E-state index in [1.54, 1.807) is 0 Å². The largest absolute Gasteiger partial charge is 0.478 e. The van der Waals surface area contributed by atoms with Crippen LogP contribution in [-0.4, -0.2) is 31.7 Å². The van der Waals surface area contributed by atoms with Crippen molar-refractivity contribution in [3.63, 3.8) is 0 Å². The fourth-order valence-electron chi connectivity index (χ4n) is 1.49. The second kappa shape index (κ2) is 5.95. The van der Waals surface area contributed by atoms with E-state index in [1.165, 1.54) is 24.4 Å². The first kappa shape index (κ1) is 13.7. The van der Waals surface area contributed by atoms with Gasteiger partial charge < -0.3 is 10.4 Å². The Hall–Kier alpha value is -3.72. The molecule has 0 aliphatic heterocycles. The fourth-order valence-corrected chi connectivity index (χ4v) is 1.49. The van der Waals surface area contributed by atoms with Crippen LogP contribution in [0.1, 0.15) is 21.7 Å². The highest BCUT2D eigenvalue weighted by molar-refractivity contribution is 5.95. The molecule has 0 aliphatic rings. The van der Waals surface area contributed by atoms with Crippen LogP contribution in [-0.2, 0) is 0 Å². The summed E-state index contributed by atoms with van der Waals surface area (Å²) in [4.78, 5) is 11.2. The maximum atomic E-state index is 11.2. The summed E-state index contributed by atoms with van der Waals surface area (Å²) >= 11 is 0. The number of carboxylic acid groups (broad SMARTS) is 1. The minimum Gasteiger partial charge on any atom is -0.478 e. The lowest BCUT2D eigenvalue weighted by molar-refractivity contribution is 0.0698. The first-order chi connectivity index (χ1) is 10.2. The van der Waals surface area contributed by atoms with Crippen molar-refractivity contribution in [1.82, 2.24) is 20.6 Å². The van der Waals surface area contributed by atoms with Gasteiger partial charge in [0.15, 0.2) is 0 Å². The third-order valence-electron chi connectivity index (χ3n) is 2.46. The Morgan fingerprint density at radius 2 is 2.24 bits per heavy atom. The Morgan fingerprint density at radius 3 is 2.81 bits per heavy atom. The van der Waals surface area contributed by atoms with Gasteiger partial charge in [-0.3, -0.25) is 0 Å². The molecule has 2 rings (SSSR count). The van der Waals surface area contributed by atoms with E-state index < -0.39 is 5.97 Å². The zero-order valence-electron chi connectivity index (χ0n) is 10.4. The molecular weight excluding hydrogens is 274 g/mol. The van der Waals surface area contributed by atoms with Crippen molar-refractivity contribution in [3.8, 4) is 12.1 Å². The van der Waals surface area contributed by atoms with Gasteiger partial charge in [0, 0.05) is 6.20 Å². The Bertz CT molecular complexity index is 781. The number of H-pyrrole nitrogens is 1. The number of aromatic carboxylic acids is 1. The summed E-state index contributed by atoms with van der Waals surface area (Å²) in [7, 11) is 0. The maximum absolute atomic E-state index is 11.2. The van der Waals surface area contributed by atoms with Gasteiger partial charge in [0.25, 0.3) is 0 Å². The SMILES string of the molecule is N#CC(=CNc1ccc(C#N)cc1C(=O)O)c1nn[nH]n1. The van der Waals surface area contributed by atoms with Crippen molar-refractivity contribution in [2.75, 3.05) is 5.32 Å². The van der Waals surface area contributed by atoms with Crippen molar-refractivity contribution in [3.05, 3.63) is 41.4 Å². The van der Waals surface area contributed by atoms with Gasteiger partial charge in [0.05, 0.1) is 22.9 Å². The number of tetrazole rings is 1. The van der Waals surface area contributed by atoms with Crippen LogP contribution in [0.3, 0.4) is 0 Å². The van der Waals surface area contributed by atoms with E-state index in [4.69, 9.17) is 15.6 Å². The van der Waals surface area contributed by atoms with Gasteiger partial charge >= 0.3 is 5.97 Å². The number of carbonyl (C=O) groups is 1. The van der Waals surface area contributed by atoms with E-state index >= 15 is 0 Å². The highest BCUT2D eigenvalue weighted by Gasteiger charge is 2.11. The van der Waals surface area contributed by atoms with Crippen molar-refractivity contribution < 1.29 is 9.90 Å². The minimum absolute atomic E-state index is 0.0736. The Kier molecular flexibility index (Phi) is 3.88. The highest BCUT2D eigenvalue weighted by Crippen LogP contribution is 2.18. The molecule has 102 valence electrons. The summed E-state index contributed by atoms with van der Waals surface area (Å²) in [5.74, 6) is -1.11. The zero-order valence-corrected chi connectivity index (χ0v) is 10.4. The standard InChI is InChI=1S/C12H7N7O2/c13-4-7-1-2-10(9(3-7)12(20)21)15-6-8(5-14)11-16-18-19-17-11/h1-3,6,15H,(H,20,21)(H,16,17,18,19). The highest BCUT2D eigenvalue weighted by atomic mass is 16.4. The number of aromatic amines is 1. The quantitative estimate of drug-likeness (QED) is 0.694. The smallest absolute Gasteiger partial charge is 0.337 e. The van der Waals surface area contributed by atoms with Gasteiger partial charge in [0.1, 0.15) is 11.6 Å². The number of allylic oxidation sites excluding steroid dienone is 1. The molecule has 9 heteroatoms. The summed E-state index contributed by atoms with van der Waals surface area (Å²) in [6.45, 7) is 0. The van der Waals surface area contributed by atoms with Crippen LogP contribution in [0.5, 0.6) is 0 Å². The molecule has 0 saturated heterocycles. The molecule has 0 spiro atoms. The number of nitrogens with one attached hydrogen (secondary N) is 2. The Balaban J connectivity index is 2.34. The van der Waals surface area contributed by atoms with Gasteiger partial charge in [-0.05, 0) is 23.4 Å². The molecule has 0 unspecified atom stereocenters.